The molecule has 1 atom stereocenters. The van der Waals surface area contributed by atoms with E-state index in [1.165, 1.54) is 11.3 Å². The molecule has 0 bridgehead atoms. The van der Waals surface area contributed by atoms with Crippen LogP contribution in [0, 0.1) is 5.41 Å². The molecule has 7 heteroatoms. The topological polar surface area (TPSA) is 54.5 Å². The maximum Gasteiger partial charge on any atom is 0.229 e. The van der Waals surface area contributed by atoms with E-state index < -0.39 is 20.5 Å². The number of alkyl halides is 1. The zero-order chi connectivity index (χ0) is 15.7. The standard InChI is InChI=1S/C14H20ClNO3S2/c1-14(2,10-15)13(17)16-6-5-12(11-4-3-8-20-11)21(18,19)9-7-16/h3-4,8,12H,5-7,9-10H2,1-2H3. The van der Waals surface area contributed by atoms with Crippen LogP contribution in [0.2, 0.25) is 0 Å². The molecule has 0 N–H and O–H groups in total. The highest BCUT2D eigenvalue weighted by Crippen LogP contribution is 2.33. The highest BCUT2D eigenvalue weighted by atomic mass is 35.5. The van der Waals surface area contributed by atoms with Crippen molar-refractivity contribution in [3.63, 3.8) is 0 Å². The smallest absolute Gasteiger partial charge is 0.229 e. The van der Waals surface area contributed by atoms with Crippen molar-refractivity contribution in [1.29, 1.82) is 0 Å². The predicted octanol–water partition coefficient (Wildman–Crippen LogP) is 2.70. The lowest BCUT2D eigenvalue weighted by atomic mass is 9.94. The third-order valence-corrected chi connectivity index (χ3v) is 7.71. The number of carbonyl (C=O) groups excluding carboxylic acids is 1. The summed E-state index contributed by atoms with van der Waals surface area (Å²) in [5.41, 5.74) is -0.659. The van der Waals surface area contributed by atoms with E-state index in [0.29, 0.717) is 13.0 Å². The SMILES string of the molecule is CC(C)(CCl)C(=O)N1CCC(c2cccs2)S(=O)(=O)CC1. The number of amides is 1. The van der Waals surface area contributed by atoms with Crippen LogP contribution in [0.5, 0.6) is 0 Å². The Hall–Kier alpha value is -0.590. The van der Waals surface area contributed by atoms with Gasteiger partial charge in [0.25, 0.3) is 0 Å². The molecule has 0 aromatic carbocycles. The van der Waals surface area contributed by atoms with Crippen molar-refractivity contribution in [2.45, 2.75) is 25.5 Å². The van der Waals surface area contributed by atoms with Crippen molar-refractivity contribution in [1.82, 2.24) is 4.90 Å². The molecule has 4 nitrogen and oxygen atoms in total. The number of hydrogen-bond donors (Lipinski definition) is 0. The van der Waals surface area contributed by atoms with Crippen molar-refractivity contribution in [3.05, 3.63) is 22.4 Å². The van der Waals surface area contributed by atoms with Crippen molar-refractivity contribution >= 4 is 38.7 Å². The first-order chi connectivity index (χ1) is 9.78. The molecule has 0 aliphatic carbocycles. The third kappa shape index (κ3) is 3.60. The Bertz CT molecular complexity index is 596. The molecule has 1 amide bonds. The molecule has 1 unspecified atom stereocenters. The van der Waals surface area contributed by atoms with Crippen LogP contribution in [0.3, 0.4) is 0 Å². The van der Waals surface area contributed by atoms with Crippen LogP contribution in [-0.2, 0) is 14.6 Å². The van der Waals surface area contributed by atoms with Gasteiger partial charge < -0.3 is 4.90 Å². The van der Waals surface area contributed by atoms with Gasteiger partial charge in [0.05, 0.1) is 16.4 Å². The van der Waals surface area contributed by atoms with Gasteiger partial charge in [0.2, 0.25) is 5.91 Å². The summed E-state index contributed by atoms with van der Waals surface area (Å²) >= 11 is 7.31. The normalized spacial score (nSPS) is 22.8. The Balaban J connectivity index is 2.19. The Morgan fingerprint density at radius 1 is 1.48 bits per heavy atom. The van der Waals surface area contributed by atoms with Gasteiger partial charge in [-0.15, -0.1) is 22.9 Å². The Kier molecular flexibility index (Phi) is 5.00. The quantitative estimate of drug-likeness (QED) is 0.788. The van der Waals surface area contributed by atoms with Gasteiger partial charge >= 0.3 is 0 Å². The zero-order valence-corrected chi connectivity index (χ0v) is 14.6. The highest BCUT2D eigenvalue weighted by molar-refractivity contribution is 7.91. The van der Waals surface area contributed by atoms with Gasteiger partial charge in [-0.2, -0.15) is 0 Å². The minimum Gasteiger partial charge on any atom is -0.341 e. The summed E-state index contributed by atoms with van der Waals surface area (Å²) in [5.74, 6) is 0.169. The number of nitrogens with zero attached hydrogens (tertiary/aromatic N) is 1. The molecule has 1 aliphatic rings. The Labute approximate surface area is 135 Å². The Morgan fingerprint density at radius 3 is 2.76 bits per heavy atom. The van der Waals surface area contributed by atoms with Crippen LogP contribution in [0.4, 0.5) is 0 Å². The lowest BCUT2D eigenvalue weighted by molar-refractivity contribution is -0.139. The molecule has 21 heavy (non-hydrogen) atoms. The van der Waals surface area contributed by atoms with Gasteiger partial charge in [-0.25, -0.2) is 8.42 Å². The van der Waals surface area contributed by atoms with Crippen LogP contribution in [-0.4, -0.2) is 43.9 Å². The summed E-state index contributed by atoms with van der Waals surface area (Å²) in [7, 11) is -3.22. The van der Waals surface area contributed by atoms with Crippen molar-refractivity contribution < 1.29 is 13.2 Å². The molecular weight excluding hydrogens is 330 g/mol. The molecule has 1 aliphatic heterocycles. The van der Waals surface area contributed by atoms with Crippen molar-refractivity contribution in [2.24, 2.45) is 5.41 Å². The largest absolute Gasteiger partial charge is 0.341 e. The van der Waals surface area contributed by atoms with Gasteiger partial charge in [-0.05, 0) is 31.7 Å². The van der Waals surface area contributed by atoms with Crippen LogP contribution in [0.25, 0.3) is 0 Å². The zero-order valence-electron chi connectivity index (χ0n) is 12.2. The average molecular weight is 350 g/mol. The first-order valence-electron chi connectivity index (χ1n) is 6.88. The van der Waals surface area contributed by atoms with E-state index in [1.54, 1.807) is 18.7 Å². The summed E-state index contributed by atoms with van der Waals surface area (Å²) in [5, 5.41) is 1.39. The number of thiophene rings is 1. The van der Waals surface area contributed by atoms with Crippen LogP contribution >= 0.6 is 22.9 Å². The minimum absolute atomic E-state index is 0.0136. The van der Waals surface area contributed by atoms with Crippen molar-refractivity contribution in [2.75, 3.05) is 24.7 Å². The predicted molar refractivity (Wildman–Crippen MR) is 86.5 cm³/mol. The van der Waals surface area contributed by atoms with E-state index in [2.05, 4.69) is 0 Å². The van der Waals surface area contributed by atoms with Gasteiger partial charge in [0.15, 0.2) is 9.84 Å². The molecule has 1 fully saturated rings. The van der Waals surface area contributed by atoms with Crippen molar-refractivity contribution in [3.8, 4) is 0 Å². The number of sulfone groups is 1. The Morgan fingerprint density at radius 2 is 2.19 bits per heavy atom. The van der Waals surface area contributed by atoms with Crippen LogP contribution < -0.4 is 0 Å². The fourth-order valence-corrected chi connectivity index (χ4v) is 5.54. The number of halogens is 1. The van der Waals surface area contributed by atoms with E-state index >= 15 is 0 Å². The second-order valence-corrected chi connectivity index (χ2v) is 9.52. The molecule has 1 saturated heterocycles. The first-order valence-corrected chi connectivity index (χ1v) is 10.0. The summed E-state index contributed by atoms with van der Waals surface area (Å²) in [6.07, 6.45) is 0.451. The van der Waals surface area contributed by atoms with Gasteiger partial charge in [-0.1, -0.05) is 6.07 Å². The fourth-order valence-electron chi connectivity index (χ4n) is 2.43. The number of hydrogen-bond acceptors (Lipinski definition) is 4. The minimum atomic E-state index is -3.22. The summed E-state index contributed by atoms with van der Waals surface area (Å²) in [6.45, 7) is 4.29. The number of carbonyl (C=O) groups is 1. The van der Waals surface area contributed by atoms with Gasteiger partial charge in [0, 0.05) is 23.8 Å². The maximum atomic E-state index is 12.5. The summed E-state index contributed by atoms with van der Waals surface area (Å²) < 4.78 is 24.9. The maximum absolute atomic E-state index is 12.5. The summed E-state index contributed by atoms with van der Waals surface area (Å²) in [4.78, 5) is 15.0. The average Bonchev–Trinajstić information content (AvgIpc) is 2.90. The second-order valence-electron chi connectivity index (χ2n) is 5.97. The number of rotatable bonds is 3. The lowest BCUT2D eigenvalue weighted by Gasteiger charge is -2.29. The molecule has 1 aromatic rings. The fraction of sp³-hybridized carbons (Fsp3) is 0.643. The summed E-state index contributed by atoms with van der Waals surface area (Å²) in [6, 6.07) is 3.72. The van der Waals surface area contributed by atoms with E-state index in [4.69, 9.17) is 11.6 Å². The molecule has 118 valence electrons. The van der Waals surface area contributed by atoms with Crippen LogP contribution in [0.15, 0.2) is 17.5 Å². The molecule has 0 saturated carbocycles. The molecule has 0 radical (unpaired) electrons. The molecule has 0 spiro atoms. The molecule has 2 rings (SSSR count). The molecule has 1 aromatic heterocycles. The third-order valence-electron chi connectivity index (χ3n) is 3.80. The monoisotopic (exact) mass is 349 g/mol. The van der Waals surface area contributed by atoms with E-state index in [1.807, 2.05) is 17.5 Å². The highest BCUT2D eigenvalue weighted by Gasteiger charge is 2.37. The second kappa shape index (κ2) is 6.26. The lowest BCUT2D eigenvalue weighted by Crippen LogP contribution is -2.43. The van der Waals surface area contributed by atoms with Gasteiger partial charge in [-0.3, -0.25) is 4.79 Å². The van der Waals surface area contributed by atoms with Gasteiger partial charge in [0.1, 0.15) is 0 Å². The van der Waals surface area contributed by atoms with E-state index in [9.17, 15) is 13.2 Å². The van der Waals surface area contributed by atoms with Crippen LogP contribution in [0.1, 0.15) is 30.4 Å². The van der Waals surface area contributed by atoms with E-state index in [-0.39, 0.29) is 24.1 Å². The van der Waals surface area contributed by atoms with E-state index in [0.717, 1.165) is 4.88 Å². The first kappa shape index (κ1) is 16.8. The molecular formula is C14H20ClNO3S2. The molecule has 2 heterocycles.